The number of benzene rings is 2. The van der Waals surface area contributed by atoms with E-state index in [-0.39, 0.29) is 17.7 Å². The summed E-state index contributed by atoms with van der Waals surface area (Å²) in [6.45, 7) is 0.0256. The van der Waals surface area contributed by atoms with E-state index >= 15 is 0 Å². The van der Waals surface area contributed by atoms with Crippen LogP contribution in [-0.2, 0) is 6.73 Å². The van der Waals surface area contributed by atoms with Crippen molar-refractivity contribution in [3.8, 4) is 5.75 Å². The Kier molecular flexibility index (Phi) is 4.95. The molecule has 25 heavy (non-hydrogen) atoms. The summed E-state index contributed by atoms with van der Waals surface area (Å²) in [5.74, 6) is -0.944. The zero-order chi connectivity index (χ0) is 17.8. The minimum absolute atomic E-state index is 0.0256. The van der Waals surface area contributed by atoms with Crippen molar-refractivity contribution in [3.05, 3.63) is 77.1 Å². The molecule has 1 amide bonds. The Hall–Kier alpha value is -2.93. The number of ether oxygens (including phenoxy) is 1. The van der Waals surface area contributed by atoms with Gasteiger partial charge in [-0.3, -0.25) is 4.79 Å². The number of rotatable bonds is 5. The van der Waals surface area contributed by atoms with Gasteiger partial charge < -0.3 is 10.1 Å². The number of amides is 1. The second-order valence-corrected chi connectivity index (χ2v) is 5.48. The van der Waals surface area contributed by atoms with E-state index < -0.39 is 11.6 Å². The van der Waals surface area contributed by atoms with E-state index in [2.05, 4.69) is 10.4 Å². The number of anilines is 1. The van der Waals surface area contributed by atoms with E-state index in [0.29, 0.717) is 17.0 Å². The number of nitrogens with one attached hydrogen (secondary N) is 1. The van der Waals surface area contributed by atoms with Crippen LogP contribution < -0.4 is 10.1 Å². The average Bonchev–Trinajstić information content (AvgIpc) is 3.02. The average molecular weight is 364 g/mol. The maximum absolute atomic E-state index is 13.0. The van der Waals surface area contributed by atoms with E-state index in [0.717, 1.165) is 6.07 Å². The zero-order valence-electron chi connectivity index (χ0n) is 12.7. The van der Waals surface area contributed by atoms with Crippen molar-refractivity contribution in [2.24, 2.45) is 0 Å². The summed E-state index contributed by atoms with van der Waals surface area (Å²) in [5, 5.41) is 6.83. The van der Waals surface area contributed by atoms with Gasteiger partial charge in [-0.2, -0.15) is 5.10 Å². The van der Waals surface area contributed by atoms with Crippen molar-refractivity contribution in [2.45, 2.75) is 6.73 Å². The molecule has 3 rings (SSSR count). The lowest BCUT2D eigenvalue weighted by Crippen LogP contribution is -2.11. The first-order valence-corrected chi connectivity index (χ1v) is 7.56. The third-order valence-corrected chi connectivity index (χ3v) is 3.54. The molecule has 1 aromatic heterocycles. The van der Waals surface area contributed by atoms with Gasteiger partial charge >= 0.3 is 0 Å². The lowest BCUT2D eigenvalue weighted by molar-refractivity contribution is 0.102. The maximum Gasteiger partial charge on any atom is 0.255 e. The maximum atomic E-state index is 13.0. The molecule has 3 aromatic rings. The molecule has 1 heterocycles. The number of hydrogen-bond donors (Lipinski definition) is 1. The molecule has 0 saturated carbocycles. The van der Waals surface area contributed by atoms with Crippen LogP contribution in [0.5, 0.6) is 5.75 Å². The Labute approximate surface area is 146 Å². The molecule has 8 heteroatoms. The smallest absolute Gasteiger partial charge is 0.255 e. The third-order valence-electron chi connectivity index (χ3n) is 3.24. The van der Waals surface area contributed by atoms with Gasteiger partial charge in [0, 0.05) is 5.56 Å². The molecule has 128 valence electrons. The summed E-state index contributed by atoms with van der Waals surface area (Å²) in [6.07, 6.45) is 3.00. The molecule has 0 saturated heterocycles. The number of nitrogens with zero attached hydrogens (tertiary/aromatic N) is 2. The summed E-state index contributed by atoms with van der Waals surface area (Å²) in [7, 11) is 0. The van der Waals surface area contributed by atoms with Gasteiger partial charge in [0.05, 0.1) is 23.1 Å². The van der Waals surface area contributed by atoms with Crippen LogP contribution >= 0.6 is 11.6 Å². The van der Waals surface area contributed by atoms with E-state index in [4.69, 9.17) is 16.3 Å². The largest absolute Gasteiger partial charge is 0.470 e. The first kappa shape index (κ1) is 16.9. The van der Waals surface area contributed by atoms with Crippen LogP contribution in [0.1, 0.15) is 10.4 Å². The Morgan fingerprint density at radius 3 is 2.60 bits per heavy atom. The lowest BCUT2D eigenvalue weighted by atomic mass is 10.2. The number of aromatic nitrogens is 2. The van der Waals surface area contributed by atoms with Crippen molar-refractivity contribution in [3.63, 3.8) is 0 Å². The molecule has 0 fully saturated rings. The summed E-state index contributed by atoms with van der Waals surface area (Å²) in [6, 6.07) is 8.98. The second-order valence-electron chi connectivity index (χ2n) is 5.08. The minimum atomic E-state index is -0.456. The van der Waals surface area contributed by atoms with Crippen molar-refractivity contribution < 1.29 is 18.3 Å². The van der Waals surface area contributed by atoms with Crippen LogP contribution in [0.3, 0.4) is 0 Å². The standard InChI is InChI=1S/C17H12ClF2N3O2/c18-15-7-13(20)5-6-16(15)25-10-23-9-14(8-21-23)22-17(24)11-1-3-12(19)4-2-11/h1-9H,10H2,(H,22,24). The predicted molar refractivity (Wildman–Crippen MR) is 88.6 cm³/mol. The normalized spacial score (nSPS) is 10.5. The monoisotopic (exact) mass is 363 g/mol. The van der Waals surface area contributed by atoms with Crippen molar-refractivity contribution in [1.29, 1.82) is 0 Å². The van der Waals surface area contributed by atoms with Gasteiger partial charge in [0.1, 0.15) is 17.4 Å². The fourth-order valence-corrected chi connectivity index (χ4v) is 2.25. The Morgan fingerprint density at radius 1 is 1.16 bits per heavy atom. The highest BCUT2D eigenvalue weighted by Gasteiger charge is 2.08. The summed E-state index contributed by atoms with van der Waals surface area (Å²) >= 11 is 5.87. The van der Waals surface area contributed by atoms with Crippen LogP contribution in [0.25, 0.3) is 0 Å². The van der Waals surface area contributed by atoms with Gasteiger partial charge in [0.15, 0.2) is 6.73 Å². The first-order valence-electron chi connectivity index (χ1n) is 7.18. The molecule has 0 aliphatic carbocycles. The van der Waals surface area contributed by atoms with Crippen LogP contribution in [0, 0.1) is 11.6 Å². The van der Waals surface area contributed by atoms with Gasteiger partial charge in [-0.25, -0.2) is 13.5 Å². The van der Waals surface area contributed by atoms with Crippen molar-refractivity contribution >= 4 is 23.2 Å². The van der Waals surface area contributed by atoms with Gasteiger partial charge in [-0.1, -0.05) is 11.6 Å². The topological polar surface area (TPSA) is 56.2 Å². The van der Waals surface area contributed by atoms with Crippen LogP contribution in [0.4, 0.5) is 14.5 Å². The SMILES string of the molecule is O=C(Nc1cnn(COc2ccc(F)cc2Cl)c1)c1ccc(F)cc1. The fraction of sp³-hybridized carbons (Fsp3) is 0.0588. The van der Waals surface area contributed by atoms with Crippen molar-refractivity contribution in [1.82, 2.24) is 9.78 Å². The van der Waals surface area contributed by atoms with E-state index in [1.54, 1.807) is 6.20 Å². The van der Waals surface area contributed by atoms with E-state index in [9.17, 15) is 13.6 Å². The third kappa shape index (κ3) is 4.33. The summed E-state index contributed by atoms with van der Waals surface area (Å²) < 4.78 is 32.7. The summed E-state index contributed by atoms with van der Waals surface area (Å²) in [4.78, 5) is 12.0. The number of hydrogen-bond acceptors (Lipinski definition) is 3. The molecule has 2 aromatic carbocycles. The van der Waals surface area contributed by atoms with Crippen LogP contribution in [0.2, 0.25) is 5.02 Å². The molecule has 0 radical (unpaired) electrons. The molecule has 5 nitrogen and oxygen atoms in total. The van der Waals surface area contributed by atoms with E-state index in [1.807, 2.05) is 0 Å². The Morgan fingerprint density at radius 2 is 1.88 bits per heavy atom. The van der Waals surface area contributed by atoms with Gasteiger partial charge in [-0.15, -0.1) is 0 Å². The second kappa shape index (κ2) is 7.31. The molecule has 0 unspecified atom stereocenters. The van der Waals surface area contributed by atoms with Gasteiger partial charge in [0.25, 0.3) is 5.91 Å². The highest BCUT2D eigenvalue weighted by Crippen LogP contribution is 2.25. The van der Waals surface area contributed by atoms with Gasteiger partial charge in [0.2, 0.25) is 0 Å². The van der Waals surface area contributed by atoms with Crippen LogP contribution in [-0.4, -0.2) is 15.7 Å². The van der Waals surface area contributed by atoms with Gasteiger partial charge in [-0.05, 0) is 42.5 Å². The fourth-order valence-electron chi connectivity index (χ4n) is 2.03. The van der Waals surface area contributed by atoms with Crippen LogP contribution in [0.15, 0.2) is 54.9 Å². The highest BCUT2D eigenvalue weighted by atomic mass is 35.5. The zero-order valence-corrected chi connectivity index (χ0v) is 13.5. The lowest BCUT2D eigenvalue weighted by Gasteiger charge is -2.07. The molecular formula is C17H12ClF2N3O2. The molecule has 1 N–H and O–H groups in total. The molecule has 0 aliphatic rings. The van der Waals surface area contributed by atoms with E-state index in [1.165, 1.54) is 47.3 Å². The Balaban J connectivity index is 1.60. The number of halogens is 3. The molecule has 0 bridgehead atoms. The number of carbonyl (C=O) groups excluding carboxylic acids is 1. The van der Waals surface area contributed by atoms with Crippen molar-refractivity contribution in [2.75, 3.05) is 5.32 Å². The minimum Gasteiger partial charge on any atom is -0.470 e. The first-order chi connectivity index (χ1) is 12.0. The highest BCUT2D eigenvalue weighted by molar-refractivity contribution is 6.32. The Bertz CT molecular complexity index is 897. The molecule has 0 aliphatic heterocycles. The molecule has 0 spiro atoms. The number of carbonyl (C=O) groups is 1. The molecular weight excluding hydrogens is 352 g/mol. The summed E-state index contributed by atoms with van der Waals surface area (Å²) in [5.41, 5.74) is 0.770. The molecule has 0 atom stereocenters. The quantitative estimate of drug-likeness (QED) is 0.742. The predicted octanol–water partition coefficient (Wildman–Crippen LogP) is 4.10.